The molecule has 0 saturated heterocycles. The first-order valence-electron chi connectivity index (χ1n) is 6.50. The highest BCUT2D eigenvalue weighted by molar-refractivity contribution is 7.89. The van der Waals surface area contributed by atoms with Crippen molar-refractivity contribution >= 4 is 10.0 Å². The Morgan fingerprint density at radius 1 is 1.30 bits per heavy atom. The number of aryl methyl sites for hydroxylation is 1. The zero-order valence-corrected chi connectivity index (χ0v) is 13.7. The van der Waals surface area contributed by atoms with Crippen LogP contribution in [0.3, 0.4) is 0 Å². The highest BCUT2D eigenvalue weighted by Crippen LogP contribution is 2.29. The fourth-order valence-corrected chi connectivity index (χ4v) is 3.65. The van der Waals surface area contributed by atoms with Gasteiger partial charge >= 0.3 is 0 Å². The molecule has 4 nitrogen and oxygen atoms in total. The van der Waals surface area contributed by atoms with E-state index in [9.17, 15) is 8.42 Å². The van der Waals surface area contributed by atoms with E-state index in [0.717, 1.165) is 0 Å². The molecule has 0 aromatic heterocycles. The predicted molar refractivity (Wildman–Crippen MR) is 79.8 cm³/mol. The summed E-state index contributed by atoms with van der Waals surface area (Å²) < 4.78 is 26.8. The van der Waals surface area contributed by atoms with Gasteiger partial charge in [-0.05, 0) is 37.0 Å². The summed E-state index contributed by atoms with van der Waals surface area (Å²) in [6.07, 6.45) is 0. The Labute approximate surface area is 122 Å². The highest BCUT2D eigenvalue weighted by Gasteiger charge is 2.33. The van der Waals surface area contributed by atoms with Crippen LogP contribution in [0.5, 0.6) is 0 Å². The summed E-state index contributed by atoms with van der Waals surface area (Å²) in [6.45, 7) is 9.64. The van der Waals surface area contributed by atoms with Crippen LogP contribution in [-0.2, 0) is 10.0 Å². The Balaban J connectivity index is 3.34. The standard InChI is InChI=1S/C15H22N2O2S/c1-11-7-8-13(10-16)9-14(11)20(18,19)17(6)12(2)15(3,4)5/h7-9,12H,1-6H3. The third-order valence-electron chi connectivity index (χ3n) is 3.77. The normalized spacial score (nSPS) is 14.1. The molecule has 0 aliphatic heterocycles. The smallest absolute Gasteiger partial charge is 0.207 e. The van der Waals surface area contributed by atoms with Crippen LogP contribution in [0.15, 0.2) is 23.1 Å². The van der Waals surface area contributed by atoms with Crippen LogP contribution < -0.4 is 0 Å². The number of benzene rings is 1. The van der Waals surface area contributed by atoms with Crippen molar-refractivity contribution in [2.45, 2.75) is 45.6 Å². The average Bonchev–Trinajstić information content (AvgIpc) is 2.36. The minimum atomic E-state index is -3.60. The first-order valence-corrected chi connectivity index (χ1v) is 7.94. The highest BCUT2D eigenvalue weighted by atomic mass is 32.2. The molecule has 1 aromatic carbocycles. The zero-order chi connectivity index (χ0) is 15.7. The SMILES string of the molecule is Cc1ccc(C#N)cc1S(=O)(=O)N(C)C(C)C(C)(C)C. The van der Waals surface area contributed by atoms with Gasteiger partial charge in [0.05, 0.1) is 16.5 Å². The average molecular weight is 294 g/mol. The van der Waals surface area contributed by atoms with Gasteiger partial charge < -0.3 is 0 Å². The molecule has 1 aromatic rings. The molecule has 0 fully saturated rings. The maximum Gasteiger partial charge on any atom is 0.243 e. The van der Waals surface area contributed by atoms with Gasteiger partial charge in [-0.3, -0.25) is 0 Å². The van der Waals surface area contributed by atoms with Gasteiger partial charge in [-0.2, -0.15) is 9.57 Å². The molecule has 1 rings (SSSR count). The summed E-state index contributed by atoms with van der Waals surface area (Å²) in [5, 5.41) is 8.94. The van der Waals surface area contributed by atoms with Crippen LogP contribution in [-0.4, -0.2) is 25.8 Å². The van der Waals surface area contributed by atoms with Crippen molar-refractivity contribution in [2.24, 2.45) is 5.41 Å². The van der Waals surface area contributed by atoms with Gasteiger partial charge in [-0.1, -0.05) is 26.8 Å². The molecule has 0 spiro atoms. The molecular formula is C15H22N2O2S. The Morgan fingerprint density at radius 3 is 2.30 bits per heavy atom. The van der Waals surface area contributed by atoms with Gasteiger partial charge in [0, 0.05) is 13.1 Å². The lowest BCUT2D eigenvalue weighted by Gasteiger charge is -2.34. The quantitative estimate of drug-likeness (QED) is 0.861. The van der Waals surface area contributed by atoms with Gasteiger partial charge in [0.15, 0.2) is 0 Å². The van der Waals surface area contributed by atoms with Crippen LogP contribution >= 0.6 is 0 Å². The first-order chi connectivity index (χ1) is 9.01. The first kappa shape index (κ1) is 16.7. The lowest BCUT2D eigenvalue weighted by Crippen LogP contribution is -2.43. The molecule has 0 heterocycles. The van der Waals surface area contributed by atoms with E-state index in [1.165, 1.54) is 10.4 Å². The van der Waals surface area contributed by atoms with E-state index in [4.69, 9.17) is 5.26 Å². The number of nitriles is 1. The molecule has 0 radical (unpaired) electrons. The lowest BCUT2D eigenvalue weighted by atomic mass is 9.88. The Morgan fingerprint density at radius 2 is 1.85 bits per heavy atom. The van der Waals surface area contributed by atoms with Crippen molar-refractivity contribution in [3.05, 3.63) is 29.3 Å². The molecule has 0 bridgehead atoms. The maximum atomic E-state index is 12.7. The van der Waals surface area contributed by atoms with Crippen LogP contribution in [0.1, 0.15) is 38.8 Å². The number of sulfonamides is 1. The minimum Gasteiger partial charge on any atom is -0.207 e. The van der Waals surface area contributed by atoms with E-state index in [-0.39, 0.29) is 16.4 Å². The Bertz CT molecular complexity index is 637. The molecular weight excluding hydrogens is 272 g/mol. The van der Waals surface area contributed by atoms with E-state index < -0.39 is 10.0 Å². The summed E-state index contributed by atoms with van der Waals surface area (Å²) in [6, 6.07) is 6.56. The Hall–Kier alpha value is -1.38. The molecule has 0 aliphatic rings. The van der Waals surface area contributed by atoms with Crippen molar-refractivity contribution in [2.75, 3.05) is 7.05 Å². The summed E-state index contributed by atoms with van der Waals surface area (Å²) in [5.41, 5.74) is 0.839. The van der Waals surface area contributed by atoms with Crippen molar-refractivity contribution < 1.29 is 8.42 Å². The second-order valence-electron chi connectivity index (χ2n) is 6.16. The van der Waals surface area contributed by atoms with Gasteiger partial charge in [0.2, 0.25) is 10.0 Å². The van der Waals surface area contributed by atoms with Crippen LogP contribution in [0, 0.1) is 23.7 Å². The number of rotatable bonds is 3. The third-order valence-corrected chi connectivity index (χ3v) is 5.84. The second kappa shape index (κ2) is 5.55. The van der Waals surface area contributed by atoms with Crippen molar-refractivity contribution in [3.8, 4) is 6.07 Å². The minimum absolute atomic E-state index is 0.155. The summed E-state index contributed by atoms with van der Waals surface area (Å²) in [5.74, 6) is 0. The number of hydrogen-bond donors (Lipinski definition) is 0. The van der Waals surface area contributed by atoms with Crippen LogP contribution in [0.2, 0.25) is 0 Å². The molecule has 0 saturated carbocycles. The van der Waals surface area contributed by atoms with Crippen molar-refractivity contribution in [3.63, 3.8) is 0 Å². The molecule has 0 amide bonds. The summed E-state index contributed by atoms with van der Waals surface area (Å²) in [4.78, 5) is 0.204. The molecule has 20 heavy (non-hydrogen) atoms. The molecule has 5 heteroatoms. The molecule has 0 N–H and O–H groups in total. The number of hydrogen-bond acceptors (Lipinski definition) is 3. The molecule has 1 unspecified atom stereocenters. The van der Waals surface area contributed by atoms with E-state index >= 15 is 0 Å². The second-order valence-corrected chi connectivity index (χ2v) is 8.12. The zero-order valence-electron chi connectivity index (χ0n) is 12.9. The molecule has 1 atom stereocenters. The summed E-state index contributed by atoms with van der Waals surface area (Å²) >= 11 is 0. The van der Waals surface area contributed by atoms with Gasteiger partial charge in [-0.25, -0.2) is 8.42 Å². The monoisotopic (exact) mass is 294 g/mol. The van der Waals surface area contributed by atoms with Gasteiger partial charge in [0.25, 0.3) is 0 Å². The number of nitrogens with zero attached hydrogens (tertiary/aromatic N) is 2. The van der Waals surface area contributed by atoms with Crippen LogP contribution in [0.4, 0.5) is 0 Å². The fraction of sp³-hybridized carbons (Fsp3) is 0.533. The molecule has 0 aliphatic carbocycles. The van der Waals surface area contributed by atoms with E-state index in [0.29, 0.717) is 11.1 Å². The Kier molecular flexibility index (Phi) is 4.62. The summed E-state index contributed by atoms with van der Waals surface area (Å²) in [7, 11) is -2.02. The van der Waals surface area contributed by atoms with Gasteiger partial charge in [-0.15, -0.1) is 0 Å². The fourth-order valence-electron chi connectivity index (χ4n) is 1.86. The predicted octanol–water partition coefficient (Wildman–Crippen LogP) is 2.92. The van der Waals surface area contributed by atoms with Gasteiger partial charge in [0.1, 0.15) is 0 Å². The van der Waals surface area contributed by atoms with Crippen molar-refractivity contribution in [1.29, 1.82) is 5.26 Å². The lowest BCUT2D eigenvalue weighted by molar-refractivity contribution is 0.216. The third kappa shape index (κ3) is 3.20. The van der Waals surface area contributed by atoms with E-state index in [1.54, 1.807) is 26.1 Å². The van der Waals surface area contributed by atoms with Crippen LogP contribution in [0.25, 0.3) is 0 Å². The largest absolute Gasteiger partial charge is 0.243 e. The van der Waals surface area contributed by atoms with E-state index in [2.05, 4.69) is 0 Å². The van der Waals surface area contributed by atoms with E-state index in [1.807, 2.05) is 33.8 Å². The van der Waals surface area contributed by atoms with Crippen molar-refractivity contribution in [1.82, 2.24) is 4.31 Å². The maximum absolute atomic E-state index is 12.7. The topological polar surface area (TPSA) is 61.2 Å². The molecule has 110 valence electrons.